The molecule has 7 heteroatoms. The van der Waals surface area contributed by atoms with Crippen molar-refractivity contribution in [3.8, 4) is 0 Å². The van der Waals surface area contributed by atoms with Crippen molar-refractivity contribution < 1.29 is 12.8 Å². The largest absolute Gasteiger partial charge is 0.242 e. The number of halogens is 3. The first-order valence-electron chi connectivity index (χ1n) is 6.02. The van der Waals surface area contributed by atoms with Crippen LogP contribution in [0.5, 0.6) is 0 Å². The van der Waals surface area contributed by atoms with Crippen LogP contribution in [-0.4, -0.2) is 8.42 Å². The van der Waals surface area contributed by atoms with Crippen LogP contribution in [0, 0.1) is 5.82 Å². The third-order valence-corrected chi connectivity index (χ3v) is 5.14. The molecule has 0 heterocycles. The standard InChI is InChI=1S/C14H12Cl2FNO2S/c1-9(10-2-5-12(17)6-3-10)18-21(19,20)14-8-11(15)4-7-13(14)16/h2-9,18H,1H3/t9-/m1/s1. The summed E-state index contributed by atoms with van der Waals surface area (Å²) in [6.45, 7) is 1.66. The van der Waals surface area contributed by atoms with E-state index in [9.17, 15) is 12.8 Å². The number of hydrogen-bond donors (Lipinski definition) is 1. The van der Waals surface area contributed by atoms with Crippen molar-refractivity contribution in [1.82, 2.24) is 4.72 Å². The predicted octanol–water partition coefficient (Wildman–Crippen LogP) is 4.17. The fraction of sp³-hybridized carbons (Fsp3) is 0.143. The van der Waals surface area contributed by atoms with Gasteiger partial charge in [-0.25, -0.2) is 17.5 Å². The molecule has 0 aromatic heterocycles. The number of sulfonamides is 1. The SMILES string of the molecule is C[C@@H](NS(=O)(=O)c1cc(Cl)ccc1Cl)c1ccc(F)cc1. The smallest absolute Gasteiger partial charge is 0.207 e. The summed E-state index contributed by atoms with van der Waals surface area (Å²) < 4.78 is 40.0. The normalized spacial score (nSPS) is 13.1. The third-order valence-electron chi connectivity index (χ3n) is 2.88. The van der Waals surface area contributed by atoms with Crippen LogP contribution in [0.4, 0.5) is 4.39 Å². The van der Waals surface area contributed by atoms with Crippen LogP contribution in [-0.2, 0) is 10.0 Å². The Bertz CT molecular complexity index is 748. The molecule has 3 nitrogen and oxygen atoms in total. The van der Waals surface area contributed by atoms with Gasteiger partial charge in [0, 0.05) is 11.1 Å². The number of benzene rings is 2. The van der Waals surface area contributed by atoms with E-state index in [1.54, 1.807) is 6.92 Å². The lowest BCUT2D eigenvalue weighted by atomic mass is 10.1. The van der Waals surface area contributed by atoms with Gasteiger partial charge in [-0.15, -0.1) is 0 Å². The van der Waals surface area contributed by atoms with E-state index in [2.05, 4.69) is 4.72 Å². The molecule has 112 valence electrons. The fourth-order valence-corrected chi connectivity index (χ4v) is 3.79. The number of rotatable bonds is 4. The Kier molecular flexibility index (Phi) is 4.88. The van der Waals surface area contributed by atoms with E-state index in [0.717, 1.165) is 0 Å². The summed E-state index contributed by atoms with van der Waals surface area (Å²) in [6, 6.07) is 9.24. The molecular formula is C14H12Cl2FNO2S. The zero-order chi connectivity index (χ0) is 15.6. The summed E-state index contributed by atoms with van der Waals surface area (Å²) in [6.07, 6.45) is 0. The van der Waals surface area contributed by atoms with Gasteiger partial charge < -0.3 is 0 Å². The van der Waals surface area contributed by atoms with Gasteiger partial charge in [-0.1, -0.05) is 35.3 Å². The first kappa shape index (κ1) is 16.2. The number of hydrogen-bond acceptors (Lipinski definition) is 2. The zero-order valence-electron chi connectivity index (χ0n) is 11.0. The van der Waals surface area contributed by atoms with Gasteiger partial charge >= 0.3 is 0 Å². The van der Waals surface area contributed by atoms with Gasteiger partial charge in [0.1, 0.15) is 10.7 Å². The molecule has 21 heavy (non-hydrogen) atoms. The maximum atomic E-state index is 12.9. The van der Waals surface area contributed by atoms with E-state index < -0.39 is 16.1 Å². The Morgan fingerprint density at radius 3 is 2.33 bits per heavy atom. The third kappa shape index (κ3) is 3.95. The topological polar surface area (TPSA) is 46.2 Å². The highest BCUT2D eigenvalue weighted by Crippen LogP contribution is 2.26. The molecule has 0 saturated heterocycles. The van der Waals surface area contributed by atoms with Crippen molar-refractivity contribution in [2.75, 3.05) is 0 Å². The average Bonchev–Trinajstić information content (AvgIpc) is 2.41. The number of nitrogens with one attached hydrogen (secondary N) is 1. The van der Waals surface area contributed by atoms with Crippen LogP contribution in [0.2, 0.25) is 10.0 Å². The maximum Gasteiger partial charge on any atom is 0.242 e. The Morgan fingerprint density at radius 1 is 1.10 bits per heavy atom. The quantitative estimate of drug-likeness (QED) is 0.901. The molecule has 0 unspecified atom stereocenters. The molecule has 1 N–H and O–H groups in total. The van der Waals surface area contributed by atoms with Gasteiger partial charge in [-0.3, -0.25) is 0 Å². The highest BCUT2D eigenvalue weighted by atomic mass is 35.5. The molecular weight excluding hydrogens is 336 g/mol. The summed E-state index contributed by atoms with van der Waals surface area (Å²) in [5.41, 5.74) is 0.637. The minimum absolute atomic E-state index is 0.0817. The molecule has 2 aromatic rings. The lowest BCUT2D eigenvalue weighted by Crippen LogP contribution is -2.27. The molecule has 2 aromatic carbocycles. The summed E-state index contributed by atoms with van der Waals surface area (Å²) in [7, 11) is -3.83. The fourth-order valence-electron chi connectivity index (χ4n) is 1.80. The van der Waals surface area contributed by atoms with E-state index in [4.69, 9.17) is 23.2 Å². The van der Waals surface area contributed by atoms with Crippen LogP contribution in [0.15, 0.2) is 47.4 Å². The molecule has 0 spiro atoms. The molecule has 0 bridgehead atoms. The summed E-state index contributed by atoms with van der Waals surface area (Å²) in [5, 5.41) is 0.354. The second-order valence-electron chi connectivity index (χ2n) is 4.47. The average molecular weight is 348 g/mol. The van der Waals surface area contributed by atoms with Gasteiger partial charge in [0.25, 0.3) is 0 Å². The second-order valence-corrected chi connectivity index (χ2v) is 7.00. The van der Waals surface area contributed by atoms with Crippen molar-refractivity contribution in [2.45, 2.75) is 17.9 Å². The highest BCUT2D eigenvalue weighted by Gasteiger charge is 2.21. The lowest BCUT2D eigenvalue weighted by Gasteiger charge is -2.15. The summed E-state index contributed by atoms with van der Waals surface area (Å²) in [5.74, 6) is -0.383. The Hall–Kier alpha value is -1.14. The van der Waals surface area contributed by atoms with Crippen molar-refractivity contribution in [3.63, 3.8) is 0 Å². The molecule has 0 saturated carbocycles. The molecule has 1 atom stereocenters. The highest BCUT2D eigenvalue weighted by molar-refractivity contribution is 7.89. The lowest BCUT2D eigenvalue weighted by molar-refractivity contribution is 0.566. The van der Waals surface area contributed by atoms with Gasteiger partial charge in [0.2, 0.25) is 10.0 Å². The Labute approximate surface area is 132 Å². The van der Waals surface area contributed by atoms with E-state index in [1.807, 2.05) is 0 Å². The molecule has 0 aliphatic heterocycles. The predicted molar refractivity (Wildman–Crippen MR) is 81.6 cm³/mol. The second kappa shape index (κ2) is 6.32. The minimum Gasteiger partial charge on any atom is -0.207 e. The Balaban J connectivity index is 2.28. The van der Waals surface area contributed by atoms with Crippen LogP contribution in [0.3, 0.4) is 0 Å². The molecule has 0 aliphatic carbocycles. The van der Waals surface area contributed by atoms with Crippen LogP contribution < -0.4 is 4.72 Å². The van der Waals surface area contributed by atoms with E-state index in [1.165, 1.54) is 42.5 Å². The van der Waals surface area contributed by atoms with Gasteiger partial charge in [-0.2, -0.15) is 0 Å². The summed E-state index contributed by atoms with van der Waals surface area (Å²) >= 11 is 11.7. The van der Waals surface area contributed by atoms with Gasteiger partial charge in [0.05, 0.1) is 5.02 Å². The van der Waals surface area contributed by atoms with Crippen molar-refractivity contribution in [2.24, 2.45) is 0 Å². The first-order chi connectivity index (χ1) is 9.79. The van der Waals surface area contributed by atoms with Crippen LogP contribution in [0.1, 0.15) is 18.5 Å². The molecule has 2 rings (SSSR count). The molecule has 0 amide bonds. The minimum atomic E-state index is -3.83. The maximum absolute atomic E-state index is 12.9. The van der Waals surface area contributed by atoms with Gasteiger partial charge in [0.15, 0.2) is 0 Å². The molecule has 0 fully saturated rings. The van der Waals surface area contributed by atoms with Crippen molar-refractivity contribution in [1.29, 1.82) is 0 Å². The van der Waals surface area contributed by atoms with Crippen molar-refractivity contribution in [3.05, 3.63) is 63.9 Å². The van der Waals surface area contributed by atoms with E-state index in [0.29, 0.717) is 5.56 Å². The first-order valence-corrected chi connectivity index (χ1v) is 8.26. The summed E-state index contributed by atoms with van der Waals surface area (Å²) in [4.78, 5) is -0.0920. The molecule has 0 aliphatic rings. The van der Waals surface area contributed by atoms with Crippen LogP contribution >= 0.6 is 23.2 Å². The van der Waals surface area contributed by atoms with Gasteiger partial charge in [-0.05, 0) is 42.8 Å². The zero-order valence-corrected chi connectivity index (χ0v) is 13.3. The monoisotopic (exact) mass is 347 g/mol. The van der Waals surface area contributed by atoms with Crippen LogP contribution in [0.25, 0.3) is 0 Å². The Morgan fingerprint density at radius 2 is 1.71 bits per heavy atom. The molecule has 0 radical (unpaired) electrons. The van der Waals surface area contributed by atoms with E-state index in [-0.39, 0.29) is 20.8 Å². The van der Waals surface area contributed by atoms with E-state index >= 15 is 0 Å². The van der Waals surface area contributed by atoms with Crippen molar-refractivity contribution >= 4 is 33.2 Å².